The molecule has 1 heterocycles. The van der Waals surface area contributed by atoms with Gasteiger partial charge < -0.3 is 14.6 Å². The van der Waals surface area contributed by atoms with Gasteiger partial charge >= 0.3 is 0 Å². The minimum absolute atomic E-state index is 0.125. The number of anilines is 1. The zero-order chi connectivity index (χ0) is 21.3. The number of primary sulfonamides is 1. The van der Waals surface area contributed by atoms with Crippen LogP contribution in [-0.2, 0) is 10.0 Å². The van der Waals surface area contributed by atoms with Crippen LogP contribution in [-0.4, -0.2) is 26.0 Å². The quantitative estimate of drug-likeness (QED) is 0.640. The van der Waals surface area contributed by atoms with E-state index in [1.165, 1.54) is 25.3 Å². The third-order valence-corrected chi connectivity index (χ3v) is 5.67. The number of ether oxygens (including phenoxy) is 1. The summed E-state index contributed by atoms with van der Waals surface area (Å²) in [5.74, 6) is -0.0829. The van der Waals surface area contributed by atoms with Gasteiger partial charge in [-0.2, -0.15) is 0 Å². The largest absolute Gasteiger partial charge is 0.495 e. The minimum atomic E-state index is -3.92. The van der Waals surface area contributed by atoms with Gasteiger partial charge in [-0.3, -0.25) is 4.79 Å². The Morgan fingerprint density at radius 3 is 2.34 bits per heavy atom. The molecule has 0 radical (unpaired) electrons. The number of amides is 1. The van der Waals surface area contributed by atoms with Crippen LogP contribution in [0.2, 0.25) is 5.02 Å². The van der Waals surface area contributed by atoms with E-state index in [-0.39, 0.29) is 10.6 Å². The van der Waals surface area contributed by atoms with Crippen LogP contribution in [0, 0.1) is 13.8 Å². The van der Waals surface area contributed by atoms with Gasteiger partial charge in [0.25, 0.3) is 5.91 Å². The molecule has 1 amide bonds. The standard InChI is InChI=1S/C20H20ClN3O4S/c1-12-10-17(13(2)24(12)15-6-4-14(21)5-7-15)20(25)23-18-11-16(29(22,26)27)8-9-19(18)28-3/h4-11H,1-3H3,(H,23,25)(H2,22,26,27). The Balaban J connectivity index is 1.98. The first-order valence-electron chi connectivity index (χ1n) is 8.59. The van der Waals surface area contributed by atoms with Gasteiger partial charge in [-0.15, -0.1) is 0 Å². The summed E-state index contributed by atoms with van der Waals surface area (Å²) in [5.41, 5.74) is 3.11. The second-order valence-corrected chi connectivity index (χ2v) is 8.46. The molecule has 2 aromatic carbocycles. The first kappa shape index (κ1) is 20.9. The van der Waals surface area contributed by atoms with Gasteiger partial charge in [-0.25, -0.2) is 13.6 Å². The number of nitrogens with one attached hydrogen (secondary N) is 1. The summed E-state index contributed by atoms with van der Waals surface area (Å²) in [6, 6.07) is 13.1. The van der Waals surface area contributed by atoms with Crippen LogP contribution in [0.3, 0.4) is 0 Å². The molecule has 7 nitrogen and oxygen atoms in total. The minimum Gasteiger partial charge on any atom is -0.495 e. The Labute approximate surface area is 174 Å². The topological polar surface area (TPSA) is 103 Å². The number of hydrogen-bond donors (Lipinski definition) is 2. The van der Waals surface area contributed by atoms with Gasteiger partial charge in [0.2, 0.25) is 10.0 Å². The number of aromatic nitrogens is 1. The van der Waals surface area contributed by atoms with Crippen molar-refractivity contribution in [2.24, 2.45) is 5.14 Å². The molecule has 3 rings (SSSR count). The molecule has 0 atom stereocenters. The van der Waals surface area contributed by atoms with E-state index in [1.54, 1.807) is 18.2 Å². The fourth-order valence-electron chi connectivity index (χ4n) is 3.13. The van der Waals surface area contributed by atoms with E-state index < -0.39 is 15.9 Å². The van der Waals surface area contributed by atoms with Crippen LogP contribution in [0.15, 0.2) is 53.4 Å². The molecule has 0 aliphatic rings. The molecule has 0 aliphatic carbocycles. The highest BCUT2D eigenvalue weighted by atomic mass is 35.5. The second kappa shape index (κ2) is 7.90. The van der Waals surface area contributed by atoms with E-state index >= 15 is 0 Å². The molecular formula is C20H20ClN3O4S. The van der Waals surface area contributed by atoms with E-state index in [1.807, 2.05) is 30.5 Å². The third-order valence-electron chi connectivity index (χ3n) is 4.51. The lowest BCUT2D eigenvalue weighted by molar-refractivity contribution is 0.102. The molecule has 9 heteroatoms. The number of nitrogens with zero attached hydrogens (tertiary/aromatic N) is 1. The highest BCUT2D eigenvalue weighted by molar-refractivity contribution is 7.89. The van der Waals surface area contributed by atoms with Crippen molar-refractivity contribution in [3.05, 3.63) is 70.5 Å². The summed E-state index contributed by atoms with van der Waals surface area (Å²) >= 11 is 5.96. The molecule has 29 heavy (non-hydrogen) atoms. The molecule has 0 spiro atoms. The smallest absolute Gasteiger partial charge is 0.257 e. The van der Waals surface area contributed by atoms with E-state index in [0.717, 1.165) is 17.1 Å². The molecular weight excluding hydrogens is 414 g/mol. The van der Waals surface area contributed by atoms with E-state index in [2.05, 4.69) is 5.32 Å². The number of aryl methyl sites for hydroxylation is 1. The van der Waals surface area contributed by atoms with Crippen LogP contribution in [0.5, 0.6) is 5.75 Å². The van der Waals surface area contributed by atoms with Gasteiger partial charge in [-0.1, -0.05) is 11.6 Å². The van der Waals surface area contributed by atoms with Crippen molar-refractivity contribution in [2.75, 3.05) is 12.4 Å². The molecule has 152 valence electrons. The van der Waals surface area contributed by atoms with Crippen molar-refractivity contribution in [1.29, 1.82) is 0 Å². The fraction of sp³-hybridized carbons (Fsp3) is 0.150. The van der Waals surface area contributed by atoms with Crippen LogP contribution >= 0.6 is 11.6 Å². The normalized spacial score (nSPS) is 11.3. The Kier molecular flexibility index (Phi) is 5.70. The van der Waals surface area contributed by atoms with E-state index in [0.29, 0.717) is 16.3 Å². The third kappa shape index (κ3) is 4.29. The molecule has 1 aromatic heterocycles. The predicted molar refractivity (Wildman–Crippen MR) is 113 cm³/mol. The van der Waals surface area contributed by atoms with Crippen molar-refractivity contribution < 1.29 is 17.9 Å². The van der Waals surface area contributed by atoms with E-state index in [9.17, 15) is 13.2 Å². The molecule has 0 bridgehead atoms. The molecule has 0 fully saturated rings. The lowest BCUT2D eigenvalue weighted by atomic mass is 10.2. The van der Waals surface area contributed by atoms with Crippen LogP contribution in [0.4, 0.5) is 5.69 Å². The number of hydrogen-bond acceptors (Lipinski definition) is 4. The molecule has 0 saturated carbocycles. The van der Waals surface area contributed by atoms with E-state index in [4.69, 9.17) is 21.5 Å². The summed E-state index contributed by atoms with van der Waals surface area (Å²) in [5, 5.41) is 8.52. The maximum Gasteiger partial charge on any atom is 0.257 e. The van der Waals surface area contributed by atoms with Crippen molar-refractivity contribution in [3.63, 3.8) is 0 Å². The maximum atomic E-state index is 12.9. The number of sulfonamides is 1. The Morgan fingerprint density at radius 1 is 1.10 bits per heavy atom. The first-order valence-corrected chi connectivity index (χ1v) is 10.5. The predicted octanol–water partition coefficient (Wildman–Crippen LogP) is 3.66. The number of rotatable bonds is 5. The molecule has 3 aromatic rings. The summed E-state index contributed by atoms with van der Waals surface area (Å²) in [7, 11) is -2.50. The number of carbonyl (C=O) groups is 1. The van der Waals surface area contributed by atoms with Crippen molar-refractivity contribution in [3.8, 4) is 11.4 Å². The van der Waals surface area contributed by atoms with Gasteiger partial charge in [0, 0.05) is 22.1 Å². The molecule has 3 N–H and O–H groups in total. The fourth-order valence-corrected chi connectivity index (χ4v) is 3.80. The summed E-state index contributed by atoms with van der Waals surface area (Å²) in [6.45, 7) is 3.72. The highest BCUT2D eigenvalue weighted by Crippen LogP contribution is 2.29. The zero-order valence-corrected chi connectivity index (χ0v) is 17.6. The van der Waals surface area contributed by atoms with Crippen LogP contribution in [0.1, 0.15) is 21.7 Å². The maximum absolute atomic E-state index is 12.9. The number of carbonyl (C=O) groups excluding carboxylic acids is 1. The SMILES string of the molecule is COc1ccc(S(N)(=O)=O)cc1NC(=O)c1cc(C)n(-c2ccc(Cl)cc2)c1C. The number of benzene rings is 2. The lowest BCUT2D eigenvalue weighted by Gasteiger charge is -2.12. The summed E-state index contributed by atoms with van der Waals surface area (Å²) in [4.78, 5) is 12.8. The summed E-state index contributed by atoms with van der Waals surface area (Å²) < 4.78 is 30.4. The number of nitrogens with two attached hydrogens (primary N) is 1. The average Bonchev–Trinajstić information content (AvgIpc) is 2.96. The molecule has 0 aliphatic heterocycles. The van der Waals surface area contributed by atoms with Gasteiger partial charge in [0.15, 0.2) is 0 Å². The van der Waals surface area contributed by atoms with Gasteiger partial charge in [-0.05, 0) is 62.4 Å². The van der Waals surface area contributed by atoms with Crippen molar-refractivity contribution >= 4 is 33.2 Å². The van der Waals surface area contributed by atoms with Crippen molar-refractivity contribution in [1.82, 2.24) is 4.57 Å². The Morgan fingerprint density at radius 2 is 1.76 bits per heavy atom. The Bertz CT molecular complexity index is 1190. The number of halogens is 1. The molecule has 0 saturated heterocycles. The number of methoxy groups -OCH3 is 1. The second-order valence-electron chi connectivity index (χ2n) is 6.46. The summed E-state index contributed by atoms with van der Waals surface area (Å²) in [6.07, 6.45) is 0. The van der Waals surface area contributed by atoms with Gasteiger partial charge in [0.05, 0.1) is 23.3 Å². The monoisotopic (exact) mass is 433 g/mol. The molecule has 0 unspecified atom stereocenters. The zero-order valence-electron chi connectivity index (χ0n) is 16.1. The van der Waals surface area contributed by atoms with Crippen LogP contribution < -0.4 is 15.2 Å². The lowest BCUT2D eigenvalue weighted by Crippen LogP contribution is -2.16. The van der Waals surface area contributed by atoms with Crippen molar-refractivity contribution in [2.45, 2.75) is 18.7 Å². The highest BCUT2D eigenvalue weighted by Gasteiger charge is 2.19. The average molecular weight is 434 g/mol. The first-order chi connectivity index (χ1) is 13.6. The Hall–Kier alpha value is -2.81. The van der Waals surface area contributed by atoms with Gasteiger partial charge in [0.1, 0.15) is 5.75 Å². The van der Waals surface area contributed by atoms with Crippen LogP contribution in [0.25, 0.3) is 5.69 Å².